The van der Waals surface area contributed by atoms with E-state index >= 15 is 0 Å². The third kappa shape index (κ3) is 3.70. The molecule has 4 heteroatoms. The van der Waals surface area contributed by atoms with Crippen LogP contribution < -0.4 is 5.32 Å². The fourth-order valence-corrected chi connectivity index (χ4v) is 3.34. The van der Waals surface area contributed by atoms with E-state index in [2.05, 4.69) is 64.6 Å². The van der Waals surface area contributed by atoms with Gasteiger partial charge in [0.15, 0.2) is 0 Å². The fourth-order valence-electron chi connectivity index (χ4n) is 3.34. The topological polar surface area (TPSA) is 41.0 Å². The standard InChI is InChI=1S/C19H26N4/c1-3-9-16-14-17(20-18-12-8-13-23(18)4-2)21-22-19(16)15-10-6-5-7-11-15/h5-7,10-11,14,18H,3-4,8-9,12-13H2,1-2H3,(H,20,21)/t18-/m1/s1. The van der Waals surface area contributed by atoms with Crippen LogP contribution in [0.25, 0.3) is 11.3 Å². The highest BCUT2D eigenvalue weighted by atomic mass is 15.3. The van der Waals surface area contributed by atoms with E-state index in [0.29, 0.717) is 6.17 Å². The van der Waals surface area contributed by atoms with Gasteiger partial charge in [0.1, 0.15) is 5.82 Å². The molecule has 1 atom stereocenters. The summed E-state index contributed by atoms with van der Waals surface area (Å²) >= 11 is 0. The summed E-state index contributed by atoms with van der Waals surface area (Å²) in [4.78, 5) is 2.46. The highest BCUT2D eigenvalue weighted by Crippen LogP contribution is 2.25. The maximum absolute atomic E-state index is 4.53. The molecule has 1 fully saturated rings. The van der Waals surface area contributed by atoms with E-state index in [1.54, 1.807) is 0 Å². The molecule has 0 unspecified atom stereocenters. The Morgan fingerprint density at radius 2 is 2.00 bits per heavy atom. The summed E-state index contributed by atoms with van der Waals surface area (Å²) in [6.07, 6.45) is 4.96. The molecule has 0 aliphatic carbocycles. The molecule has 0 radical (unpaired) electrons. The van der Waals surface area contributed by atoms with Crippen molar-refractivity contribution >= 4 is 5.82 Å². The van der Waals surface area contributed by atoms with Crippen molar-refractivity contribution in [1.29, 1.82) is 0 Å². The molecule has 2 aromatic rings. The zero-order valence-electron chi connectivity index (χ0n) is 14.1. The second-order valence-electron chi connectivity index (χ2n) is 6.15. The fraction of sp³-hybridized carbons (Fsp3) is 0.474. The lowest BCUT2D eigenvalue weighted by Gasteiger charge is -2.24. The van der Waals surface area contributed by atoms with Crippen LogP contribution in [-0.4, -0.2) is 34.4 Å². The summed E-state index contributed by atoms with van der Waals surface area (Å²) in [7, 11) is 0. The highest BCUT2D eigenvalue weighted by Gasteiger charge is 2.23. The quantitative estimate of drug-likeness (QED) is 0.877. The van der Waals surface area contributed by atoms with Crippen molar-refractivity contribution in [3.63, 3.8) is 0 Å². The molecule has 2 heterocycles. The molecular weight excluding hydrogens is 284 g/mol. The van der Waals surface area contributed by atoms with E-state index in [0.717, 1.165) is 36.5 Å². The first kappa shape index (κ1) is 15.9. The Morgan fingerprint density at radius 1 is 1.17 bits per heavy atom. The molecule has 3 rings (SSSR count). The van der Waals surface area contributed by atoms with Crippen molar-refractivity contribution in [2.24, 2.45) is 0 Å². The van der Waals surface area contributed by atoms with Crippen LogP contribution in [0.1, 0.15) is 38.7 Å². The summed E-state index contributed by atoms with van der Waals surface area (Å²) in [6.45, 7) is 6.67. The van der Waals surface area contributed by atoms with E-state index in [1.807, 2.05) is 6.07 Å². The largest absolute Gasteiger partial charge is 0.353 e. The summed E-state index contributed by atoms with van der Waals surface area (Å²) < 4.78 is 0. The van der Waals surface area contributed by atoms with Gasteiger partial charge in [0, 0.05) is 12.1 Å². The minimum atomic E-state index is 0.395. The summed E-state index contributed by atoms with van der Waals surface area (Å²) in [5, 5.41) is 12.5. The van der Waals surface area contributed by atoms with Crippen molar-refractivity contribution in [2.45, 2.75) is 45.7 Å². The smallest absolute Gasteiger partial charge is 0.150 e. The normalized spacial score (nSPS) is 18.3. The Balaban J connectivity index is 1.84. The van der Waals surface area contributed by atoms with Crippen molar-refractivity contribution < 1.29 is 0 Å². The zero-order chi connectivity index (χ0) is 16.1. The summed E-state index contributed by atoms with van der Waals surface area (Å²) in [5.74, 6) is 0.901. The van der Waals surface area contributed by atoms with Gasteiger partial charge in [0.2, 0.25) is 0 Å². The monoisotopic (exact) mass is 310 g/mol. The number of anilines is 1. The molecule has 4 nitrogen and oxygen atoms in total. The number of aromatic nitrogens is 2. The van der Waals surface area contributed by atoms with Crippen LogP contribution in [0.4, 0.5) is 5.82 Å². The van der Waals surface area contributed by atoms with Gasteiger partial charge < -0.3 is 5.32 Å². The Kier molecular flexibility index (Phi) is 5.23. The first-order valence-electron chi connectivity index (χ1n) is 8.74. The second kappa shape index (κ2) is 7.55. The Hall–Kier alpha value is -1.94. The van der Waals surface area contributed by atoms with Gasteiger partial charge in [0.05, 0.1) is 11.9 Å². The van der Waals surface area contributed by atoms with Crippen molar-refractivity contribution in [2.75, 3.05) is 18.4 Å². The average Bonchev–Trinajstić information content (AvgIpc) is 3.03. The third-order valence-electron chi connectivity index (χ3n) is 4.52. The van der Waals surface area contributed by atoms with Gasteiger partial charge in [-0.15, -0.1) is 10.2 Å². The van der Waals surface area contributed by atoms with Crippen LogP contribution in [0, 0.1) is 0 Å². The predicted octanol–water partition coefficient (Wildman–Crippen LogP) is 3.95. The Morgan fingerprint density at radius 3 is 2.74 bits per heavy atom. The molecular formula is C19H26N4. The van der Waals surface area contributed by atoms with E-state index in [4.69, 9.17) is 0 Å². The number of aryl methyl sites for hydroxylation is 1. The van der Waals surface area contributed by atoms with Crippen LogP contribution in [0.15, 0.2) is 36.4 Å². The SMILES string of the molecule is CCCc1cc(N[C@H]2CCCN2CC)nnc1-c1ccccc1. The predicted molar refractivity (Wildman–Crippen MR) is 95.4 cm³/mol. The number of hydrogen-bond donors (Lipinski definition) is 1. The van der Waals surface area contributed by atoms with E-state index in [-0.39, 0.29) is 0 Å². The van der Waals surface area contributed by atoms with E-state index in [9.17, 15) is 0 Å². The molecule has 1 saturated heterocycles. The lowest BCUT2D eigenvalue weighted by Crippen LogP contribution is -2.35. The number of benzene rings is 1. The van der Waals surface area contributed by atoms with E-state index < -0.39 is 0 Å². The van der Waals surface area contributed by atoms with Gasteiger partial charge in [0.25, 0.3) is 0 Å². The van der Waals surface area contributed by atoms with Gasteiger partial charge in [-0.3, -0.25) is 4.90 Å². The second-order valence-corrected chi connectivity index (χ2v) is 6.15. The van der Waals surface area contributed by atoms with Crippen molar-refractivity contribution in [3.8, 4) is 11.3 Å². The first-order chi connectivity index (χ1) is 11.3. The minimum Gasteiger partial charge on any atom is -0.353 e. The number of nitrogens with one attached hydrogen (secondary N) is 1. The molecule has 122 valence electrons. The molecule has 1 aromatic heterocycles. The Bertz CT molecular complexity index is 627. The van der Waals surface area contributed by atoms with Crippen molar-refractivity contribution in [1.82, 2.24) is 15.1 Å². The number of hydrogen-bond acceptors (Lipinski definition) is 4. The number of rotatable bonds is 6. The van der Waals surface area contributed by atoms with Gasteiger partial charge in [-0.2, -0.15) is 0 Å². The maximum atomic E-state index is 4.53. The van der Waals surface area contributed by atoms with Crippen LogP contribution in [0.2, 0.25) is 0 Å². The molecule has 23 heavy (non-hydrogen) atoms. The maximum Gasteiger partial charge on any atom is 0.150 e. The summed E-state index contributed by atoms with van der Waals surface area (Å²) in [5.41, 5.74) is 3.43. The molecule has 1 aromatic carbocycles. The molecule has 0 amide bonds. The molecule has 0 bridgehead atoms. The van der Waals surface area contributed by atoms with Gasteiger partial charge in [-0.1, -0.05) is 50.6 Å². The highest BCUT2D eigenvalue weighted by molar-refractivity contribution is 5.64. The first-order valence-corrected chi connectivity index (χ1v) is 8.74. The molecule has 0 spiro atoms. The van der Waals surface area contributed by atoms with Crippen LogP contribution in [-0.2, 0) is 6.42 Å². The van der Waals surface area contributed by atoms with Crippen LogP contribution in [0.3, 0.4) is 0 Å². The minimum absolute atomic E-state index is 0.395. The molecule has 1 N–H and O–H groups in total. The lowest BCUT2D eigenvalue weighted by molar-refractivity contribution is 0.290. The molecule has 1 aliphatic heterocycles. The van der Waals surface area contributed by atoms with E-state index in [1.165, 1.54) is 24.9 Å². The number of nitrogens with zero attached hydrogens (tertiary/aromatic N) is 3. The third-order valence-corrected chi connectivity index (χ3v) is 4.52. The van der Waals surface area contributed by atoms with Crippen LogP contribution in [0.5, 0.6) is 0 Å². The molecule has 1 aliphatic rings. The summed E-state index contributed by atoms with van der Waals surface area (Å²) in [6, 6.07) is 12.5. The van der Waals surface area contributed by atoms with Crippen molar-refractivity contribution in [3.05, 3.63) is 42.0 Å². The lowest BCUT2D eigenvalue weighted by atomic mass is 10.0. The van der Waals surface area contributed by atoms with Gasteiger partial charge >= 0.3 is 0 Å². The average molecular weight is 310 g/mol. The molecule has 0 saturated carbocycles. The van der Waals surface area contributed by atoms with Gasteiger partial charge in [-0.25, -0.2) is 0 Å². The van der Waals surface area contributed by atoms with Gasteiger partial charge in [-0.05, 0) is 37.4 Å². The zero-order valence-corrected chi connectivity index (χ0v) is 14.1. The Labute approximate surface area is 138 Å². The number of likely N-dealkylation sites (tertiary alicyclic amines) is 1. The van der Waals surface area contributed by atoms with Crippen LogP contribution >= 0.6 is 0 Å².